The minimum atomic E-state index is -4.28. The molecule has 156 valence electrons. The molecule has 3 aliphatic rings. The molecule has 3 heterocycles. The summed E-state index contributed by atoms with van der Waals surface area (Å²) < 4.78 is 44.6. The highest BCUT2D eigenvalue weighted by atomic mass is 19.4. The van der Waals surface area contributed by atoms with E-state index >= 15 is 0 Å². The average Bonchev–Trinajstić information content (AvgIpc) is 3.21. The number of piperidine rings is 1. The molecule has 0 saturated carbocycles. The normalized spacial score (nSPS) is 26.1. The highest BCUT2D eigenvalue weighted by molar-refractivity contribution is 5.49. The molecule has 3 saturated heterocycles. The first-order chi connectivity index (χ1) is 13.5. The van der Waals surface area contributed by atoms with Crippen LogP contribution in [0.15, 0.2) is 24.3 Å². The Morgan fingerprint density at radius 2 is 1.71 bits per heavy atom. The highest BCUT2D eigenvalue weighted by Gasteiger charge is 2.32. The third-order valence-electron chi connectivity index (χ3n) is 6.41. The maximum absolute atomic E-state index is 13.0. The minimum absolute atomic E-state index is 0.424. The lowest BCUT2D eigenvalue weighted by molar-refractivity contribution is -0.137. The molecule has 0 bridgehead atoms. The van der Waals surface area contributed by atoms with Crippen LogP contribution in [0, 0.1) is 0 Å². The van der Waals surface area contributed by atoms with E-state index in [9.17, 15) is 13.2 Å². The lowest BCUT2D eigenvalue weighted by Gasteiger charge is -2.43. The zero-order chi connectivity index (χ0) is 19.6. The van der Waals surface area contributed by atoms with E-state index in [1.165, 1.54) is 37.8 Å². The van der Waals surface area contributed by atoms with E-state index in [4.69, 9.17) is 4.74 Å². The Morgan fingerprint density at radius 1 is 0.964 bits per heavy atom. The Morgan fingerprint density at radius 3 is 2.36 bits per heavy atom. The van der Waals surface area contributed by atoms with E-state index in [0.29, 0.717) is 17.8 Å². The quantitative estimate of drug-likeness (QED) is 0.774. The molecule has 28 heavy (non-hydrogen) atoms. The number of piperazine rings is 1. The van der Waals surface area contributed by atoms with Crippen LogP contribution >= 0.6 is 0 Å². The molecule has 0 spiro atoms. The Kier molecular flexibility index (Phi) is 6.13. The van der Waals surface area contributed by atoms with Crippen molar-refractivity contribution in [1.82, 2.24) is 9.80 Å². The largest absolute Gasteiger partial charge is 0.416 e. The fourth-order valence-corrected chi connectivity index (χ4v) is 4.77. The zero-order valence-corrected chi connectivity index (χ0v) is 16.3. The summed E-state index contributed by atoms with van der Waals surface area (Å²) in [5, 5.41) is 0. The SMILES string of the molecule is FC(F)(F)c1cccc(N2CCN(C3CCN(CC4CCCO4)CC3)CC2)c1. The van der Waals surface area contributed by atoms with Gasteiger partial charge in [-0.25, -0.2) is 0 Å². The molecule has 1 aromatic carbocycles. The zero-order valence-electron chi connectivity index (χ0n) is 16.3. The fourth-order valence-electron chi connectivity index (χ4n) is 4.77. The standard InChI is InChI=1S/C21H30F3N3O/c22-21(23,24)17-3-1-4-19(15-17)27-12-10-26(11-13-27)18-6-8-25(9-7-18)16-20-5-2-14-28-20/h1,3-4,15,18,20H,2,5-14,16H2. The number of rotatable bonds is 4. The van der Waals surface area contributed by atoms with Gasteiger partial charge in [-0.3, -0.25) is 4.90 Å². The second kappa shape index (κ2) is 8.59. The maximum atomic E-state index is 13.0. The molecular formula is C21H30F3N3O. The minimum Gasteiger partial charge on any atom is -0.377 e. The van der Waals surface area contributed by atoms with Crippen LogP contribution < -0.4 is 4.90 Å². The lowest BCUT2D eigenvalue weighted by atomic mass is 10.0. The molecule has 0 aliphatic carbocycles. The first-order valence-electron chi connectivity index (χ1n) is 10.5. The number of hydrogen-bond acceptors (Lipinski definition) is 4. The van der Waals surface area contributed by atoms with Crippen molar-refractivity contribution in [2.24, 2.45) is 0 Å². The van der Waals surface area contributed by atoms with Gasteiger partial charge in [-0.15, -0.1) is 0 Å². The van der Waals surface area contributed by atoms with E-state index < -0.39 is 11.7 Å². The second-order valence-corrected chi connectivity index (χ2v) is 8.24. The second-order valence-electron chi connectivity index (χ2n) is 8.24. The van der Waals surface area contributed by atoms with Crippen LogP contribution in [0.5, 0.6) is 0 Å². The highest BCUT2D eigenvalue weighted by Crippen LogP contribution is 2.32. The van der Waals surface area contributed by atoms with Gasteiger partial charge in [0.15, 0.2) is 0 Å². The lowest BCUT2D eigenvalue weighted by Crippen LogP contribution is -2.53. The van der Waals surface area contributed by atoms with E-state index in [2.05, 4.69) is 14.7 Å². The van der Waals surface area contributed by atoms with Gasteiger partial charge in [0.1, 0.15) is 0 Å². The van der Waals surface area contributed by atoms with Crippen molar-refractivity contribution in [3.8, 4) is 0 Å². The van der Waals surface area contributed by atoms with Crippen molar-refractivity contribution in [3.63, 3.8) is 0 Å². The summed E-state index contributed by atoms with van der Waals surface area (Å²) in [6, 6.07) is 6.32. The van der Waals surface area contributed by atoms with E-state index in [1.54, 1.807) is 6.07 Å². The summed E-state index contributed by atoms with van der Waals surface area (Å²) in [4.78, 5) is 7.15. The fraction of sp³-hybridized carbons (Fsp3) is 0.714. The maximum Gasteiger partial charge on any atom is 0.416 e. The summed E-state index contributed by atoms with van der Waals surface area (Å²) in [7, 11) is 0. The van der Waals surface area contributed by atoms with Crippen LogP contribution in [0.1, 0.15) is 31.2 Å². The smallest absolute Gasteiger partial charge is 0.377 e. The summed E-state index contributed by atoms with van der Waals surface area (Å²) in [6.07, 6.45) is 0.879. The van der Waals surface area contributed by atoms with Gasteiger partial charge in [0.2, 0.25) is 0 Å². The molecule has 3 aliphatic heterocycles. The molecule has 0 radical (unpaired) electrons. The van der Waals surface area contributed by atoms with Gasteiger partial charge < -0.3 is 14.5 Å². The number of ether oxygens (including phenoxy) is 1. The van der Waals surface area contributed by atoms with Crippen LogP contribution in [0.25, 0.3) is 0 Å². The molecule has 3 fully saturated rings. The third kappa shape index (κ3) is 4.81. The van der Waals surface area contributed by atoms with Crippen LogP contribution in [0.4, 0.5) is 18.9 Å². The Labute approximate surface area is 165 Å². The van der Waals surface area contributed by atoms with Gasteiger partial charge in [0.25, 0.3) is 0 Å². The molecule has 0 aromatic heterocycles. The van der Waals surface area contributed by atoms with Gasteiger partial charge in [0, 0.05) is 51.1 Å². The van der Waals surface area contributed by atoms with Crippen molar-refractivity contribution in [2.75, 3.05) is 57.3 Å². The topological polar surface area (TPSA) is 19.0 Å². The van der Waals surface area contributed by atoms with Crippen molar-refractivity contribution in [1.29, 1.82) is 0 Å². The van der Waals surface area contributed by atoms with Gasteiger partial charge in [-0.05, 0) is 57.0 Å². The van der Waals surface area contributed by atoms with Crippen LogP contribution in [-0.2, 0) is 10.9 Å². The van der Waals surface area contributed by atoms with Crippen LogP contribution in [0.3, 0.4) is 0 Å². The van der Waals surface area contributed by atoms with Crippen LogP contribution in [0.2, 0.25) is 0 Å². The Balaban J connectivity index is 1.25. The number of nitrogens with zero attached hydrogens (tertiary/aromatic N) is 3. The molecule has 7 heteroatoms. The monoisotopic (exact) mass is 397 g/mol. The number of alkyl halides is 3. The predicted octanol–water partition coefficient (Wildman–Crippen LogP) is 3.47. The Bertz CT molecular complexity index is 632. The molecular weight excluding hydrogens is 367 g/mol. The van der Waals surface area contributed by atoms with E-state index in [0.717, 1.165) is 58.5 Å². The van der Waals surface area contributed by atoms with E-state index in [-0.39, 0.29) is 0 Å². The van der Waals surface area contributed by atoms with Gasteiger partial charge >= 0.3 is 6.18 Å². The summed E-state index contributed by atoms with van der Waals surface area (Å²) in [5.41, 5.74) is 0.118. The number of anilines is 1. The van der Waals surface area contributed by atoms with Crippen molar-refractivity contribution < 1.29 is 17.9 Å². The summed E-state index contributed by atoms with van der Waals surface area (Å²) in [5.74, 6) is 0. The summed E-state index contributed by atoms with van der Waals surface area (Å²) in [6.45, 7) is 7.65. The van der Waals surface area contributed by atoms with Crippen molar-refractivity contribution >= 4 is 5.69 Å². The average molecular weight is 397 g/mol. The van der Waals surface area contributed by atoms with Crippen LogP contribution in [-0.4, -0.2) is 74.4 Å². The first kappa shape index (κ1) is 20.0. The van der Waals surface area contributed by atoms with Gasteiger partial charge in [0.05, 0.1) is 11.7 Å². The summed E-state index contributed by atoms with van der Waals surface area (Å²) >= 11 is 0. The van der Waals surface area contributed by atoms with Crippen molar-refractivity contribution in [3.05, 3.63) is 29.8 Å². The number of hydrogen-bond donors (Lipinski definition) is 0. The van der Waals surface area contributed by atoms with Gasteiger partial charge in [-0.2, -0.15) is 13.2 Å². The number of halogens is 3. The first-order valence-corrected chi connectivity index (χ1v) is 10.5. The predicted molar refractivity (Wildman–Crippen MR) is 104 cm³/mol. The number of benzene rings is 1. The third-order valence-corrected chi connectivity index (χ3v) is 6.41. The molecule has 4 nitrogen and oxygen atoms in total. The van der Waals surface area contributed by atoms with Gasteiger partial charge in [-0.1, -0.05) is 6.07 Å². The molecule has 0 N–H and O–H groups in total. The molecule has 0 amide bonds. The molecule has 1 atom stereocenters. The molecule has 4 rings (SSSR count). The number of likely N-dealkylation sites (tertiary alicyclic amines) is 1. The molecule has 1 aromatic rings. The molecule has 1 unspecified atom stereocenters. The Hall–Kier alpha value is -1.31. The van der Waals surface area contributed by atoms with Crippen molar-refractivity contribution in [2.45, 2.75) is 44.0 Å². The van der Waals surface area contributed by atoms with E-state index in [1.807, 2.05) is 0 Å².